The van der Waals surface area contributed by atoms with Crippen molar-refractivity contribution in [1.29, 1.82) is 0 Å². The second-order valence-electron chi connectivity index (χ2n) is 8.08. The zero-order valence-corrected chi connectivity index (χ0v) is 18.2. The van der Waals surface area contributed by atoms with Crippen LogP contribution in [-0.4, -0.2) is 35.3 Å². The van der Waals surface area contributed by atoms with Gasteiger partial charge in [-0.2, -0.15) is 0 Å². The molecule has 31 heavy (non-hydrogen) atoms. The fourth-order valence-corrected chi connectivity index (χ4v) is 3.80. The van der Waals surface area contributed by atoms with Gasteiger partial charge >= 0.3 is 0 Å². The third-order valence-electron chi connectivity index (χ3n) is 5.48. The van der Waals surface area contributed by atoms with Crippen LogP contribution in [0.15, 0.2) is 42.6 Å². The second-order valence-corrected chi connectivity index (χ2v) is 8.08. The average Bonchev–Trinajstić information content (AvgIpc) is 3.26. The van der Waals surface area contributed by atoms with E-state index in [-0.39, 0.29) is 43.1 Å². The summed E-state index contributed by atoms with van der Waals surface area (Å²) < 4.78 is 0. The predicted octanol–water partition coefficient (Wildman–Crippen LogP) is 3.51. The number of pyridine rings is 1. The highest BCUT2D eigenvalue weighted by Gasteiger charge is 2.24. The largest absolute Gasteiger partial charge is 0.352 e. The molecule has 1 heterocycles. The molecule has 1 saturated carbocycles. The van der Waals surface area contributed by atoms with Crippen molar-refractivity contribution in [3.05, 3.63) is 53.7 Å². The molecule has 2 N–H and O–H groups in total. The second kappa shape index (κ2) is 10.7. The van der Waals surface area contributed by atoms with E-state index < -0.39 is 0 Å². The summed E-state index contributed by atoms with van der Waals surface area (Å²) in [5.74, 6) is -0.267. The van der Waals surface area contributed by atoms with E-state index in [1.54, 1.807) is 24.4 Å². The average molecular weight is 423 g/mol. The normalized spacial score (nSPS) is 13.6. The van der Waals surface area contributed by atoms with E-state index in [2.05, 4.69) is 15.6 Å². The summed E-state index contributed by atoms with van der Waals surface area (Å²) in [6.45, 7) is 3.81. The Morgan fingerprint density at radius 3 is 2.52 bits per heavy atom. The molecule has 0 atom stereocenters. The maximum Gasteiger partial charge on any atom is 0.240 e. The summed E-state index contributed by atoms with van der Waals surface area (Å²) in [6, 6.07) is 11.2. The maximum atomic E-state index is 13.1. The van der Waals surface area contributed by atoms with Crippen molar-refractivity contribution in [2.24, 2.45) is 0 Å². The van der Waals surface area contributed by atoms with E-state index in [4.69, 9.17) is 0 Å². The Bertz CT molecular complexity index is 924. The number of rotatable bonds is 8. The first kappa shape index (κ1) is 22.5. The fraction of sp³-hybridized carbons (Fsp3) is 0.417. The zero-order chi connectivity index (χ0) is 22.2. The Hall–Kier alpha value is -3.22. The molecule has 0 bridgehead atoms. The third-order valence-corrected chi connectivity index (χ3v) is 5.48. The number of hydrogen-bond donors (Lipinski definition) is 2. The molecule has 0 saturated heterocycles. The molecule has 0 radical (unpaired) electrons. The van der Waals surface area contributed by atoms with Crippen molar-refractivity contribution in [2.45, 2.75) is 58.4 Å². The number of nitrogens with one attached hydrogen (secondary N) is 2. The quantitative estimate of drug-likeness (QED) is 0.681. The molecule has 3 rings (SSSR count). The van der Waals surface area contributed by atoms with Gasteiger partial charge in [-0.25, -0.2) is 4.98 Å². The number of benzene rings is 1. The highest BCUT2D eigenvalue weighted by molar-refractivity contribution is 6.01. The standard InChI is InChI=1S/C24H30N4O3/c1-17-10-11-18(2)20(15-17)28(16-23(30)26-19-7-3-4-8-19)24(31)13-12-22(29)27-21-9-5-6-14-25-21/h5-6,9-11,14-15,19H,3-4,7-8,12-13,16H2,1-2H3,(H,26,30)(H,25,27,29). The van der Waals surface area contributed by atoms with Crippen molar-refractivity contribution in [2.75, 3.05) is 16.8 Å². The summed E-state index contributed by atoms with van der Waals surface area (Å²) in [6.07, 6.45) is 5.81. The van der Waals surface area contributed by atoms with Crippen molar-refractivity contribution < 1.29 is 14.4 Å². The molecule has 7 nitrogen and oxygen atoms in total. The van der Waals surface area contributed by atoms with Crippen LogP contribution in [0, 0.1) is 13.8 Å². The van der Waals surface area contributed by atoms with Crippen LogP contribution in [0.3, 0.4) is 0 Å². The van der Waals surface area contributed by atoms with Crippen LogP contribution in [0.25, 0.3) is 0 Å². The summed E-state index contributed by atoms with van der Waals surface area (Å²) in [4.78, 5) is 43.6. The van der Waals surface area contributed by atoms with Gasteiger partial charge in [0.2, 0.25) is 17.7 Å². The minimum Gasteiger partial charge on any atom is -0.352 e. The van der Waals surface area contributed by atoms with Gasteiger partial charge in [-0.05, 0) is 56.0 Å². The van der Waals surface area contributed by atoms with Gasteiger partial charge in [0.1, 0.15) is 12.4 Å². The number of aryl methyl sites for hydroxylation is 2. The van der Waals surface area contributed by atoms with Crippen LogP contribution in [0.1, 0.15) is 49.7 Å². The van der Waals surface area contributed by atoms with E-state index in [1.165, 1.54) is 4.90 Å². The fourth-order valence-electron chi connectivity index (χ4n) is 3.80. The molecule has 1 fully saturated rings. The van der Waals surface area contributed by atoms with Gasteiger partial charge in [-0.1, -0.05) is 31.0 Å². The van der Waals surface area contributed by atoms with Gasteiger partial charge in [-0.15, -0.1) is 0 Å². The van der Waals surface area contributed by atoms with Gasteiger partial charge in [0.25, 0.3) is 0 Å². The zero-order valence-electron chi connectivity index (χ0n) is 18.2. The van der Waals surface area contributed by atoms with Crippen LogP contribution < -0.4 is 15.5 Å². The lowest BCUT2D eigenvalue weighted by molar-refractivity contribution is -0.125. The molecular weight excluding hydrogens is 392 g/mol. The molecule has 0 aliphatic heterocycles. The first-order valence-corrected chi connectivity index (χ1v) is 10.8. The van der Waals surface area contributed by atoms with Gasteiger partial charge < -0.3 is 15.5 Å². The number of carbonyl (C=O) groups excluding carboxylic acids is 3. The highest BCUT2D eigenvalue weighted by atomic mass is 16.2. The van der Waals surface area contributed by atoms with E-state index in [9.17, 15) is 14.4 Å². The molecule has 2 aromatic rings. The summed E-state index contributed by atoms with van der Waals surface area (Å²) in [5, 5.41) is 5.73. The Morgan fingerprint density at radius 2 is 1.81 bits per heavy atom. The molecule has 3 amide bonds. The topological polar surface area (TPSA) is 91.4 Å². The van der Waals surface area contributed by atoms with E-state index >= 15 is 0 Å². The highest BCUT2D eigenvalue weighted by Crippen LogP contribution is 2.23. The number of carbonyl (C=O) groups is 3. The van der Waals surface area contributed by atoms with Crippen LogP contribution in [-0.2, 0) is 14.4 Å². The lowest BCUT2D eigenvalue weighted by atomic mass is 10.1. The Morgan fingerprint density at radius 1 is 1.03 bits per heavy atom. The first-order chi connectivity index (χ1) is 14.9. The van der Waals surface area contributed by atoms with Crippen molar-refractivity contribution in [3.63, 3.8) is 0 Å². The lowest BCUT2D eigenvalue weighted by Crippen LogP contribution is -2.44. The number of anilines is 2. The molecule has 1 aliphatic rings. The van der Waals surface area contributed by atoms with Crippen molar-refractivity contribution in [3.8, 4) is 0 Å². The first-order valence-electron chi connectivity index (χ1n) is 10.8. The summed E-state index contributed by atoms with van der Waals surface area (Å²) in [5.41, 5.74) is 2.62. The van der Waals surface area contributed by atoms with Gasteiger partial charge in [0, 0.05) is 30.8 Å². The monoisotopic (exact) mass is 422 g/mol. The molecule has 1 aliphatic carbocycles. The molecule has 1 aromatic carbocycles. The van der Waals surface area contributed by atoms with Crippen LogP contribution in [0.4, 0.5) is 11.5 Å². The molecule has 164 valence electrons. The van der Waals surface area contributed by atoms with Crippen LogP contribution in [0.5, 0.6) is 0 Å². The van der Waals surface area contributed by atoms with Crippen LogP contribution in [0.2, 0.25) is 0 Å². The molecule has 0 spiro atoms. The summed E-state index contributed by atoms with van der Waals surface area (Å²) in [7, 11) is 0. The minimum absolute atomic E-state index is 0.00274. The molecule has 7 heteroatoms. The SMILES string of the molecule is Cc1ccc(C)c(N(CC(=O)NC2CCCC2)C(=O)CCC(=O)Nc2ccccn2)c1. The smallest absolute Gasteiger partial charge is 0.240 e. The van der Waals surface area contributed by atoms with Gasteiger partial charge in [0.15, 0.2) is 0 Å². The van der Waals surface area contributed by atoms with E-state index in [0.29, 0.717) is 11.5 Å². The lowest BCUT2D eigenvalue weighted by Gasteiger charge is -2.25. The Kier molecular flexibility index (Phi) is 7.76. The van der Waals surface area contributed by atoms with Crippen molar-refractivity contribution >= 4 is 29.2 Å². The van der Waals surface area contributed by atoms with Crippen molar-refractivity contribution in [1.82, 2.24) is 10.3 Å². The van der Waals surface area contributed by atoms with E-state index in [1.807, 2.05) is 32.0 Å². The molecule has 0 unspecified atom stereocenters. The van der Waals surface area contributed by atoms with E-state index in [0.717, 1.165) is 36.8 Å². The molecule has 1 aromatic heterocycles. The number of aromatic nitrogens is 1. The maximum absolute atomic E-state index is 13.1. The Balaban J connectivity index is 1.67. The summed E-state index contributed by atoms with van der Waals surface area (Å²) >= 11 is 0. The molecular formula is C24H30N4O3. The predicted molar refractivity (Wildman–Crippen MR) is 121 cm³/mol. The van der Waals surface area contributed by atoms with Gasteiger partial charge in [-0.3, -0.25) is 14.4 Å². The Labute approximate surface area is 183 Å². The van der Waals surface area contributed by atoms with Crippen LogP contribution >= 0.6 is 0 Å². The minimum atomic E-state index is -0.289. The van der Waals surface area contributed by atoms with Gasteiger partial charge in [0.05, 0.1) is 0 Å². The number of amides is 3. The third kappa shape index (κ3) is 6.64. The number of nitrogens with zero attached hydrogens (tertiary/aromatic N) is 2. The number of hydrogen-bond acceptors (Lipinski definition) is 4.